The molecule has 1 aliphatic heterocycles. The van der Waals surface area contributed by atoms with Crippen LogP contribution in [0.3, 0.4) is 0 Å². The second kappa shape index (κ2) is 6.21. The Bertz CT molecular complexity index is 640. The molecular formula is C15H19N5O2. The second-order valence-corrected chi connectivity index (χ2v) is 5.83. The standard InChI is InChI=1S/C15H19N5O2/c1-10(2)14-18-13(19-22-14)11-4-3-7-20(9-11)15(21)12-8-16-5-6-17-12/h5-6,8,10-11H,3-4,7,9H2,1-2H3/t11-/m1/s1. The van der Waals surface area contributed by atoms with Gasteiger partial charge in [0.25, 0.3) is 5.91 Å². The Hall–Kier alpha value is -2.31. The molecule has 2 aromatic heterocycles. The third-order valence-corrected chi connectivity index (χ3v) is 3.81. The van der Waals surface area contributed by atoms with Gasteiger partial charge in [0.1, 0.15) is 5.69 Å². The Balaban J connectivity index is 1.72. The van der Waals surface area contributed by atoms with Crippen LogP contribution in [0.5, 0.6) is 0 Å². The number of piperidine rings is 1. The van der Waals surface area contributed by atoms with Crippen molar-refractivity contribution in [2.45, 2.75) is 38.5 Å². The first-order chi connectivity index (χ1) is 10.6. The molecule has 0 saturated carbocycles. The molecule has 3 heterocycles. The molecule has 0 bridgehead atoms. The van der Waals surface area contributed by atoms with E-state index in [1.165, 1.54) is 12.4 Å². The summed E-state index contributed by atoms with van der Waals surface area (Å²) in [6, 6.07) is 0. The summed E-state index contributed by atoms with van der Waals surface area (Å²) in [6.07, 6.45) is 6.46. The summed E-state index contributed by atoms with van der Waals surface area (Å²) in [4.78, 5) is 26.7. The molecule has 0 unspecified atom stereocenters. The minimum atomic E-state index is -0.0922. The summed E-state index contributed by atoms with van der Waals surface area (Å²) in [5, 5.41) is 4.08. The number of hydrogen-bond donors (Lipinski definition) is 0. The van der Waals surface area contributed by atoms with E-state index in [0.29, 0.717) is 24.0 Å². The summed E-state index contributed by atoms with van der Waals surface area (Å²) in [6.45, 7) is 5.34. The van der Waals surface area contributed by atoms with Crippen molar-refractivity contribution in [3.05, 3.63) is 36.0 Å². The van der Waals surface area contributed by atoms with Gasteiger partial charge in [0.15, 0.2) is 5.82 Å². The lowest BCUT2D eigenvalue weighted by Crippen LogP contribution is -2.39. The summed E-state index contributed by atoms with van der Waals surface area (Å²) in [5.74, 6) is 1.57. The van der Waals surface area contributed by atoms with E-state index in [-0.39, 0.29) is 17.7 Å². The van der Waals surface area contributed by atoms with Crippen molar-refractivity contribution in [3.8, 4) is 0 Å². The van der Waals surface area contributed by atoms with E-state index in [0.717, 1.165) is 19.4 Å². The monoisotopic (exact) mass is 301 g/mol. The van der Waals surface area contributed by atoms with E-state index in [9.17, 15) is 4.79 Å². The molecule has 7 nitrogen and oxygen atoms in total. The van der Waals surface area contributed by atoms with Crippen molar-refractivity contribution >= 4 is 5.91 Å². The zero-order valence-corrected chi connectivity index (χ0v) is 12.8. The number of carbonyl (C=O) groups excluding carboxylic acids is 1. The maximum absolute atomic E-state index is 12.4. The number of rotatable bonds is 3. The van der Waals surface area contributed by atoms with E-state index in [1.807, 2.05) is 13.8 Å². The molecule has 2 aromatic rings. The van der Waals surface area contributed by atoms with Crippen LogP contribution in [-0.2, 0) is 0 Å². The van der Waals surface area contributed by atoms with Gasteiger partial charge in [0, 0.05) is 37.3 Å². The summed E-state index contributed by atoms with van der Waals surface area (Å²) < 4.78 is 5.27. The zero-order chi connectivity index (χ0) is 15.5. The summed E-state index contributed by atoms with van der Waals surface area (Å²) in [7, 11) is 0. The number of hydrogen-bond acceptors (Lipinski definition) is 6. The predicted molar refractivity (Wildman–Crippen MR) is 78.3 cm³/mol. The summed E-state index contributed by atoms with van der Waals surface area (Å²) >= 11 is 0. The quantitative estimate of drug-likeness (QED) is 0.862. The van der Waals surface area contributed by atoms with Gasteiger partial charge in [0.2, 0.25) is 5.89 Å². The highest BCUT2D eigenvalue weighted by atomic mass is 16.5. The smallest absolute Gasteiger partial charge is 0.274 e. The highest BCUT2D eigenvalue weighted by Crippen LogP contribution is 2.26. The fourth-order valence-electron chi connectivity index (χ4n) is 2.59. The average molecular weight is 301 g/mol. The fraction of sp³-hybridized carbons (Fsp3) is 0.533. The van der Waals surface area contributed by atoms with Crippen molar-refractivity contribution in [3.63, 3.8) is 0 Å². The predicted octanol–water partition coefficient (Wildman–Crippen LogP) is 2.00. The molecule has 0 N–H and O–H groups in total. The van der Waals surface area contributed by atoms with Crippen LogP contribution < -0.4 is 0 Å². The number of likely N-dealkylation sites (tertiary alicyclic amines) is 1. The second-order valence-electron chi connectivity index (χ2n) is 5.83. The topological polar surface area (TPSA) is 85.0 Å². The zero-order valence-electron chi connectivity index (χ0n) is 12.8. The van der Waals surface area contributed by atoms with Crippen molar-refractivity contribution in [1.82, 2.24) is 25.0 Å². The Kier molecular flexibility index (Phi) is 4.13. The van der Waals surface area contributed by atoms with Crippen LogP contribution in [0.4, 0.5) is 0 Å². The van der Waals surface area contributed by atoms with Gasteiger partial charge in [-0.25, -0.2) is 4.98 Å². The van der Waals surface area contributed by atoms with E-state index in [4.69, 9.17) is 4.52 Å². The van der Waals surface area contributed by atoms with Crippen LogP contribution in [0.1, 0.15) is 60.7 Å². The highest BCUT2D eigenvalue weighted by Gasteiger charge is 2.29. The lowest BCUT2D eigenvalue weighted by Gasteiger charge is -2.30. The van der Waals surface area contributed by atoms with Crippen molar-refractivity contribution in [2.75, 3.05) is 13.1 Å². The third kappa shape index (κ3) is 2.98. The Morgan fingerprint density at radius 1 is 1.41 bits per heavy atom. The maximum atomic E-state index is 12.4. The number of amides is 1. The molecule has 22 heavy (non-hydrogen) atoms. The first kappa shape index (κ1) is 14.6. The van der Waals surface area contributed by atoms with Crippen molar-refractivity contribution in [1.29, 1.82) is 0 Å². The Morgan fingerprint density at radius 2 is 2.27 bits per heavy atom. The first-order valence-corrected chi connectivity index (χ1v) is 7.54. The van der Waals surface area contributed by atoms with Gasteiger partial charge in [-0.15, -0.1) is 0 Å². The lowest BCUT2D eigenvalue weighted by molar-refractivity contribution is 0.0697. The average Bonchev–Trinajstić information content (AvgIpc) is 3.05. The van der Waals surface area contributed by atoms with Crippen LogP contribution in [-0.4, -0.2) is 44.0 Å². The highest BCUT2D eigenvalue weighted by molar-refractivity contribution is 5.92. The first-order valence-electron chi connectivity index (χ1n) is 7.54. The molecule has 0 spiro atoms. The molecule has 0 aromatic carbocycles. The molecule has 1 aliphatic rings. The van der Waals surface area contributed by atoms with Crippen LogP contribution in [0.15, 0.2) is 23.1 Å². The molecule has 0 aliphatic carbocycles. The minimum absolute atomic E-state index is 0.0922. The maximum Gasteiger partial charge on any atom is 0.274 e. The van der Waals surface area contributed by atoms with Crippen LogP contribution in [0, 0.1) is 0 Å². The Morgan fingerprint density at radius 3 is 2.95 bits per heavy atom. The number of aromatic nitrogens is 4. The molecule has 1 fully saturated rings. The largest absolute Gasteiger partial charge is 0.339 e. The van der Waals surface area contributed by atoms with E-state index < -0.39 is 0 Å². The van der Waals surface area contributed by atoms with Gasteiger partial charge in [-0.3, -0.25) is 9.78 Å². The van der Waals surface area contributed by atoms with E-state index >= 15 is 0 Å². The van der Waals surface area contributed by atoms with Crippen LogP contribution in [0.25, 0.3) is 0 Å². The number of carbonyl (C=O) groups is 1. The van der Waals surface area contributed by atoms with Gasteiger partial charge in [0.05, 0.1) is 6.20 Å². The molecule has 3 rings (SSSR count). The van der Waals surface area contributed by atoms with Gasteiger partial charge in [-0.1, -0.05) is 19.0 Å². The van der Waals surface area contributed by atoms with Gasteiger partial charge >= 0.3 is 0 Å². The minimum Gasteiger partial charge on any atom is -0.339 e. The van der Waals surface area contributed by atoms with E-state index in [2.05, 4.69) is 20.1 Å². The Labute approximate surface area is 128 Å². The van der Waals surface area contributed by atoms with Crippen LogP contribution in [0.2, 0.25) is 0 Å². The van der Waals surface area contributed by atoms with Crippen molar-refractivity contribution in [2.24, 2.45) is 0 Å². The SMILES string of the molecule is CC(C)c1nc([C@@H]2CCCN(C(=O)c3cnccn3)C2)no1. The fourth-order valence-corrected chi connectivity index (χ4v) is 2.59. The molecule has 7 heteroatoms. The molecule has 1 amide bonds. The lowest BCUT2D eigenvalue weighted by atomic mass is 9.97. The van der Waals surface area contributed by atoms with Gasteiger partial charge in [-0.2, -0.15) is 4.98 Å². The van der Waals surface area contributed by atoms with Gasteiger partial charge in [-0.05, 0) is 12.8 Å². The molecule has 1 atom stereocenters. The molecular weight excluding hydrogens is 282 g/mol. The van der Waals surface area contributed by atoms with Crippen molar-refractivity contribution < 1.29 is 9.32 Å². The molecule has 0 radical (unpaired) electrons. The van der Waals surface area contributed by atoms with Gasteiger partial charge < -0.3 is 9.42 Å². The van der Waals surface area contributed by atoms with E-state index in [1.54, 1.807) is 11.1 Å². The third-order valence-electron chi connectivity index (χ3n) is 3.81. The van der Waals surface area contributed by atoms with Crippen LogP contribution >= 0.6 is 0 Å². The molecule has 116 valence electrons. The normalized spacial score (nSPS) is 18.7. The number of nitrogens with zero attached hydrogens (tertiary/aromatic N) is 5. The molecule has 1 saturated heterocycles. The summed E-state index contributed by atoms with van der Waals surface area (Å²) in [5.41, 5.74) is 0.374.